The van der Waals surface area contributed by atoms with Crippen LogP contribution in [-0.2, 0) is 9.47 Å². The minimum absolute atomic E-state index is 0.385. The van der Waals surface area contributed by atoms with Crippen LogP contribution in [0, 0.1) is 5.92 Å². The summed E-state index contributed by atoms with van der Waals surface area (Å²) >= 11 is 0. The highest BCUT2D eigenvalue weighted by Gasteiger charge is 2.21. The van der Waals surface area contributed by atoms with Gasteiger partial charge in [0.15, 0.2) is 0 Å². The van der Waals surface area contributed by atoms with E-state index in [2.05, 4.69) is 5.32 Å². The first-order valence-electron chi connectivity index (χ1n) is 4.35. The van der Waals surface area contributed by atoms with E-state index >= 15 is 0 Å². The van der Waals surface area contributed by atoms with Gasteiger partial charge < -0.3 is 14.8 Å². The summed E-state index contributed by atoms with van der Waals surface area (Å²) in [7, 11) is 0. The van der Waals surface area contributed by atoms with E-state index in [9.17, 15) is 0 Å². The van der Waals surface area contributed by atoms with E-state index in [4.69, 9.17) is 9.47 Å². The van der Waals surface area contributed by atoms with Gasteiger partial charge in [-0.05, 0) is 6.42 Å². The van der Waals surface area contributed by atoms with Gasteiger partial charge in [-0.3, -0.25) is 0 Å². The number of hydrogen-bond acceptors (Lipinski definition) is 3. The van der Waals surface area contributed by atoms with Gasteiger partial charge in [-0.15, -0.1) is 0 Å². The molecule has 0 aromatic rings. The Labute approximate surface area is 67.1 Å². The van der Waals surface area contributed by atoms with Crippen LogP contribution in [0.4, 0.5) is 0 Å². The van der Waals surface area contributed by atoms with E-state index < -0.39 is 0 Å². The summed E-state index contributed by atoms with van der Waals surface area (Å²) in [6, 6.07) is 0. The fraction of sp³-hybridized carbons (Fsp3) is 1.00. The molecule has 2 rings (SSSR count). The molecule has 0 spiro atoms. The van der Waals surface area contributed by atoms with Crippen LogP contribution in [0.5, 0.6) is 0 Å². The van der Waals surface area contributed by atoms with E-state index in [1.54, 1.807) is 0 Å². The van der Waals surface area contributed by atoms with Gasteiger partial charge in [0.1, 0.15) is 0 Å². The van der Waals surface area contributed by atoms with Crippen molar-refractivity contribution in [1.82, 2.24) is 5.32 Å². The van der Waals surface area contributed by atoms with Crippen molar-refractivity contribution in [2.75, 3.05) is 32.9 Å². The van der Waals surface area contributed by atoms with Crippen molar-refractivity contribution in [2.24, 2.45) is 5.92 Å². The van der Waals surface area contributed by atoms with E-state index in [0.717, 1.165) is 45.2 Å². The van der Waals surface area contributed by atoms with Gasteiger partial charge in [-0.25, -0.2) is 0 Å². The lowest BCUT2D eigenvalue weighted by Gasteiger charge is -2.27. The second-order valence-electron chi connectivity index (χ2n) is 3.34. The molecule has 0 aromatic carbocycles. The first-order chi connectivity index (χ1) is 5.45. The van der Waals surface area contributed by atoms with Crippen LogP contribution in [0.1, 0.15) is 6.42 Å². The summed E-state index contributed by atoms with van der Waals surface area (Å²) in [4.78, 5) is 0. The van der Waals surface area contributed by atoms with Crippen molar-refractivity contribution in [3.8, 4) is 0 Å². The summed E-state index contributed by atoms with van der Waals surface area (Å²) in [5.74, 6) is 0.760. The SMILES string of the molecule is C1CC(OCC2CNC2)CO1. The van der Waals surface area contributed by atoms with Crippen molar-refractivity contribution in [1.29, 1.82) is 0 Å². The van der Waals surface area contributed by atoms with E-state index in [1.807, 2.05) is 0 Å². The second kappa shape index (κ2) is 3.52. The Hall–Kier alpha value is -0.120. The van der Waals surface area contributed by atoms with Crippen LogP contribution in [-0.4, -0.2) is 39.0 Å². The van der Waals surface area contributed by atoms with E-state index in [1.165, 1.54) is 0 Å². The minimum atomic E-state index is 0.385. The average Bonchev–Trinajstić information content (AvgIpc) is 2.36. The predicted octanol–water partition coefficient (Wildman–Crippen LogP) is 0.0113. The topological polar surface area (TPSA) is 30.5 Å². The normalized spacial score (nSPS) is 32.2. The molecule has 2 heterocycles. The zero-order valence-corrected chi connectivity index (χ0v) is 6.71. The molecule has 0 radical (unpaired) electrons. The molecular weight excluding hydrogens is 142 g/mol. The van der Waals surface area contributed by atoms with Crippen LogP contribution in [0.2, 0.25) is 0 Å². The first kappa shape index (κ1) is 7.53. The molecule has 1 unspecified atom stereocenters. The molecule has 2 fully saturated rings. The third-order valence-corrected chi connectivity index (χ3v) is 2.32. The highest BCUT2D eigenvalue weighted by Crippen LogP contribution is 2.11. The molecule has 2 saturated heterocycles. The van der Waals surface area contributed by atoms with Crippen LogP contribution in [0.3, 0.4) is 0 Å². The number of ether oxygens (including phenoxy) is 2. The Morgan fingerprint density at radius 3 is 2.91 bits per heavy atom. The molecule has 1 atom stereocenters. The Morgan fingerprint density at radius 2 is 2.36 bits per heavy atom. The molecule has 2 aliphatic heterocycles. The number of nitrogens with one attached hydrogen (secondary N) is 1. The summed E-state index contributed by atoms with van der Waals surface area (Å²) in [5, 5.41) is 3.23. The standard InChI is InChI=1S/C8H15NO2/c1-2-10-6-8(1)11-5-7-3-9-4-7/h7-9H,1-6H2. The Morgan fingerprint density at radius 1 is 1.45 bits per heavy atom. The third kappa shape index (κ3) is 1.92. The van der Waals surface area contributed by atoms with Gasteiger partial charge in [0, 0.05) is 25.6 Å². The van der Waals surface area contributed by atoms with Crippen LogP contribution >= 0.6 is 0 Å². The highest BCUT2D eigenvalue weighted by molar-refractivity contribution is 4.75. The number of hydrogen-bond donors (Lipinski definition) is 1. The quantitative estimate of drug-likeness (QED) is 0.626. The van der Waals surface area contributed by atoms with Gasteiger partial charge >= 0.3 is 0 Å². The lowest BCUT2D eigenvalue weighted by atomic mass is 10.1. The molecule has 2 aliphatic rings. The molecule has 64 valence electrons. The van der Waals surface area contributed by atoms with Crippen molar-refractivity contribution in [3.05, 3.63) is 0 Å². The monoisotopic (exact) mass is 157 g/mol. The average molecular weight is 157 g/mol. The summed E-state index contributed by atoms with van der Waals surface area (Å²) in [5.41, 5.74) is 0. The largest absolute Gasteiger partial charge is 0.379 e. The van der Waals surface area contributed by atoms with Crippen molar-refractivity contribution < 1.29 is 9.47 Å². The fourth-order valence-electron chi connectivity index (χ4n) is 1.38. The Bertz CT molecular complexity index is 119. The van der Waals surface area contributed by atoms with Crippen molar-refractivity contribution >= 4 is 0 Å². The number of rotatable bonds is 3. The molecule has 1 N–H and O–H groups in total. The van der Waals surface area contributed by atoms with Crippen molar-refractivity contribution in [2.45, 2.75) is 12.5 Å². The minimum Gasteiger partial charge on any atom is -0.379 e. The highest BCUT2D eigenvalue weighted by atomic mass is 16.5. The molecule has 0 bridgehead atoms. The zero-order valence-electron chi connectivity index (χ0n) is 6.71. The lowest BCUT2D eigenvalue weighted by molar-refractivity contribution is 0.0117. The van der Waals surface area contributed by atoms with Gasteiger partial charge in [0.25, 0.3) is 0 Å². The van der Waals surface area contributed by atoms with Crippen LogP contribution in [0.25, 0.3) is 0 Å². The molecule has 0 amide bonds. The van der Waals surface area contributed by atoms with Gasteiger partial charge in [-0.2, -0.15) is 0 Å². The molecule has 0 aliphatic carbocycles. The summed E-state index contributed by atoms with van der Waals surface area (Å²) < 4.78 is 10.8. The maximum Gasteiger partial charge on any atom is 0.0830 e. The summed E-state index contributed by atoms with van der Waals surface area (Å²) in [6.07, 6.45) is 1.47. The predicted molar refractivity (Wildman–Crippen MR) is 41.5 cm³/mol. The lowest BCUT2D eigenvalue weighted by Crippen LogP contribution is -2.45. The molecule has 11 heavy (non-hydrogen) atoms. The van der Waals surface area contributed by atoms with Gasteiger partial charge in [0.05, 0.1) is 19.3 Å². The van der Waals surface area contributed by atoms with Gasteiger partial charge in [-0.1, -0.05) is 0 Å². The van der Waals surface area contributed by atoms with Crippen LogP contribution < -0.4 is 5.32 Å². The second-order valence-corrected chi connectivity index (χ2v) is 3.34. The maximum atomic E-state index is 5.64. The first-order valence-corrected chi connectivity index (χ1v) is 4.35. The maximum absolute atomic E-state index is 5.64. The molecular formula is C8H15NO2. The Kier molecular flexibility index (Phi) is 2.41. The smallest absolute Gasteiger partial charge is 0.0830 e. The summed E-state index contributed by atoms with van der Waals surface area (Å²) in [6.45, 7) is 4.87. The van der Waals surface area contributed by atoms with Crippen LogP contribution in [0.15, 0.2) is 0 Å². The fourth-order valence-corrected chi connectivity index (χ4v) is 1.38. The molecule has 3 nitrogen and oxygen atoms in total. The third-order valence-electron chi connectivity index (χ3n) is 2.32. The van der Waals surface area contributed by atoms with E-state index in [-0.39, 0.29) is 0 Å². The molecule has 3 heteroatoms. The molecule has 0 saturated carbocycles. The molecule has 0 aromatic heterocycles. The van der Waals surface area contributed by atoms with Crippen molar-refractivity contribution in [3.63, 3.8) is 0 Å². The van der Waals surface area contributed by atoms with Gasteiger partial charge in [0.2, 0.25) is 0 Å². The Balaban J connectivity index is 1.57. The van der Waals surface area contributed by atoms with E-state index in [0.29, 0.717) is 6.10 Å². The zero-order chi connectivity index (χ0) is 7.52.